The van der Waals surface area contributed by atoms with Gasteiger partial charge in [0.2, 0.25) is 0 Å². The van der Waals surface area contributed by atoms with Crippen LogP contribution in [0.5, 0.6) is 23.0 Å². The lowest BCUT2D eigenvalue weighted by molar-refractivity contribution is -0.134. The van der Waals surface area contributed by atoms with Gasteiger partial charge in [-0.15, -0.1) is 0 Å². The lowest BCUT2D eigenvalue weighted by Crippen LogP contribution is -2.51. The number of para-hydroxylation sites is 1. The fourth-order valence-electron chi connectivity index (χ4n) is 3.91. The molecule has 1 N–H and O–H groups in total. The summed E-state index contributed by atoms with van der Waals surface area (Å²) in [7, 11) is 3.02. The molecule has 11 nitrogen and oxygen atoms in total. The van der Waals surface area contributed by atoms with Gasteiger partial charge in [0.1, 0.15) is 23.7 Å². The average Bonchev–Trinajstić information content (AvgIpc) is 2.92. The number of nitrogens with zero attached hydrogens (tertiary/aromatic N) is 2. The number of alkyl carbamates (subject to hydrolysis) is 1. The Morgan fingerprint density at radius 2 is 1.51 bits per heavy atom. The summed E-state index contributed by atoms with van der Waals surface area (Å²) < 4.78 is 27.2. The van der Waals surface area contributed by atoms with E-state index in [0.717, 1.165) is 0 Å². The van der Waals surface area contributed by atoms with E-state index in [-0.39, 0.29) is 31.6 Å². The van der Waals surface area contributed by atoms with Crippen LogP contribution in [0.15, 0.2) is 42.5 Å². The van der Waals surface area contributed by atoms with Gasteiger partial charge in [-0.3, -0.25) is 9.59 Å². The normalized spacial score (nSPS) is 13.4. The molecule has 0 aliphatic carbocycles. The van der Waals surface area contributed by atoms with Gasteiger partial charge in [-0.05, 0) is 45.0 Å². The summed E-state index contributed by atoms with van der Waals surface area (Å²) in [6, 6.07) is 12.1. The zero-order valence-electron chi connectivity index (χ0n) is 23.2. The molecule has 0 unspecified atom stereocenters. The van der Waals surface area contributed by atoms with Crippen LogP contribution >= 0.6 is 0 Å². The second kappa shape index (κ2) is 13.6. The first-order valence-electron chi connectivity index (χ1n) is 12.7. The number of nitrogens with one attached hydrogen (secondary N) is 1. The van der Waals surface area contributed by atoms with E-state index < -0.39 is 11.7 Å². The number of amides is 3. The molecular formula is C28H37N3O8. The molecule has 0 aromatic heterocycles. The van der Waals surface area contributed by atoms with E-state index in [9.17, 15) is 14.4 Å². The van der Waals surface area contributed by atoms with Gasteiger partial charge in [0.25, 0.3) is 11.8 Å². The van der Waals surface area contributed by atoms with Crippen LogP contribution in [0.2, 0.25) is 0 Å². The van der Waals surface area contributed by atoms with Crippen molar-refractivity contribution in [1.29, 1.82) is 0 Å². The van der Waals surface area contributed by atoms with Crippen molar-refractivity contribution < 1.29 is 38.1 Å². The second-order valence-corrected chi connectivity index (χ2v) is 9.75. The lowest BCUT2D eigenvalue weighted by Gasteiger charge is -2.35. The van der Waals surface area contributed by atoms with Gasteiger partial charge in [-0.2, -0.15) is 0 Å². The molecule has 0 atom stereocenters. The minimum Gasteiger partial charge on any atom is -0.493 e. The molecule has 1 fully saturated rings. The molecule has 1 aliphatic rings. The van der Waals surface area contributed by atoms with Crippen LogP contribution in [0.1, 0.15) is 31.1 Å². The zero-order chi connectivity index (χ0) is 28.4. The molecule has 1 heterocycles. The SMILES string of the molecule is COc1cccc(C(=O)N2CCN(C(=O)COc3cccc(OCCNC(=O)OC(C)(C)C)c3)CC2)c1OC. The van der Waals surface area contributed by atoms with Gasteiger partial charge in [-0.1, -0.05) is 12.1 Å². The number of rotatable bonds is 10. The molecule has 39 heavy (non-hydrogen) atoms. The predicted molar refractivity (Wildman–Crippen MR) is 144 cm³/mol. The van der Waals surface area contributed by atoms with Crippen LogP contribution in [-0.2, 0) is 9.53 Å². The Labute approximate surface area is 228 Å². The highest BCUT2D eigenvalue weighted by molar-refractivity contribution is 5.98. The van der Waals surface area contributed by atoms with Crippen LogP contribution in [0, 0.1) is 0 Å². The first-order valence-corrected chi connectivity index (χ1v) is 12.7. The Balaban J connectivity index is 1.43. The molecule has 0 spiro atoms. The Morgan fingerprint density at radius 1 is 0.872 bits per heavy atom. The molecule has 3 amide bonds. The molecule has 3 rings (SSSR count). The fourth-order valence-corrected chi connectivity index (χ4v) is 3.91. The van der Waals surface area contributed by atoms with Gasteiger partial charge in [0.05, 0.1) is 26.3 Å². The second-order valence-electron chi connectivity index (χ2n) is 9.75. The molecule has 1 aliphatic heterocycles. The number of hydrogen-bond donors (Lipinski definition) is 1. The topological polar surface area (TPSA) is 116 Å². The van der Waals surface area contributed by atoms with Crippen LogP contribution in [-0.4, -0.2) is 93.5 Å². The van der Waals surface area contributed by atoms with Crippen molar-refractivity contribution in [3.8, 4) is 23.0 Å². The maximum atomic E-state index is 13.1. The number of methoxy groups -OCH3 is 2. The third-order valence-corrected chi connectivity index (χ3v) is 5.76. The predicted octanol–water partition coefficient (Wildman–Crippen LogP) is 2.97. The molecule has 0 saturated carbocycles. The molecule has 0 radical (unpaired) electrons. The summed E-state index contributed by atoms with van der Waals surface area (Å²) in [5, 5.41) is 2.63. The molecule has 212 valence electrons. The standard InChI is InChI=1S/C28H37N3O8/c1-28(2,3)39-27(34)29-12-17-37-20-8-6-9-21(18-20)38-19-24(32)30-13-15-31(16-14-30)26(33)22-10-7-11-23(35-4)25(22)36-5/h6-11,18H,12-17,19H2,1-5H3,(H,29,34). The number of ether oxygens (including phenoxy) is 5. The lowest BCUT2D eigenvalue weighted by atomic mass is 10.1. The van der Waals surface area contributed by atoms with E-state index in [1.54, 1.807) is 73.0 Å². The Kier molecular flexibility index (Phi) is 10.2. The first kappa shape index (κ1) is 29.4. The van der Waals surface area contributed by atoms with Crippen molar-refractivity contribution in [3.63, 3.8) is 0 Å². The fraction of sp³-hybridized carbons (Fsp3) is 0.464. The molecule has 2 aromatic rings. The summed E-state index contributed by atoms with van der Waals surface area (Å²) in [4.78, 5) is 40.9. The number of benzene rings is 2. The van der Waals surface area contributed by atoms with Crippen LogP contribution < -0.4 is 24.3 Å². The van der Waals surface area contributed by atoms with Crippen LogP contribution in [0.25, 0.3) is 0 Å². The van der Waals surface area contributed by atoms with Crippen molar-refractivity contribution >= 4 is 17.9 Å². The number of hydrogen-bond acceptors (Lipinski definition) is 8. The highest BCUT2D eigenvalue weighted by atomic mass is 16.6. The third kappa shape index (κ3) is 8.69. The zero-order valence-corrected chi connectivity index (χ0v) is 23.2. The van der Waals surface area contributed by atoms with Crippen molar-refractivity contribution in [2.24, 2.45) is 0 Å². The highest BCUT2D eigenvalue weighted by Crippen LogP contribution is 2.31. The largest absolute Gasteiger partial charge is 0.493 e. The van der Waals surface area contributed by atoms with Crippen molar-refractivity contribution in [3.05, 3.63) is 48.0 Å². The summed E-state index contributed by atoms with van der Waals surface area (Å²) in [5.41, 5.74) is -0.146. The number of carbonyl (C=O) groups excluding carboxylic acids is 3. The minimum absolute atomic E-state index is 0.138. The summed E-state index contributed by atoms with van der Waals surface area (Å²) in [6.45, 7) is 7.34. The van der Waals surface area contributed by atoms with Gasteiger partial charge in [0.15, 0.2) is 18.1 Å². The van der Waals surface area contributed by atoms with E-state index in [4.69, 9.17) is 23.7 Å². The van der Waals surface area contributed by atoms with Crippen molar-refractivity contribution in [2.75, 3.05) is 60.2 Å². The summed E-state index contributed by atoms with van der Waals surface area (Å²) in [5.74, 6) is 1.57. The monoisotopic (exact) mass is 543 g/mol. The minimum atomic E-state index is -0.565. The summed E-state index contributed by atoms with van der Waals surface area (Å²) >= 11 is 0. The number of carbonyl (C=O) groups is 3. The molecule has 1 saturated heterocycles. The maximum absolute atomic E-state index is 13.1. The van der Waals surface area contributed by atoms with Crippen LogP contribution in [0.4, 0.5) is 4.79 Å². The molecular weight excluding hydrogens is 506 g/mol. The summed E-state index contributed by atoms with van der Waals surface area (Å²) in [6.07, 6.45) is -0.507. The van der Waals surface area contributed by atoms with Gasteiger partial charge in [-0.25, -0.2) is 4.79 Å². The Morgan fingerprint density at radius 3 is 2.15 bits per heavy atom. The van der Waals surface area contributed by atoms with E-state index >= 15 is 0 Å². The Bertz CT molecular complexity index is 1140. The highest BCUT2D eigenvalue weighted by Gasteiger charge is 2.27. The van der Waals surface area contributed by atoms with E-state index in [1.165, 1.54) is 14.2 Å². The molecule has 2 aromatic carbocycles. The first-order chi connectivity index (χ1) is 18.6. The van der Waals surface area contributed by atoms with E-state index in [2.05, 4.69) is 5.32 Å². The molecule has 11 heteroatoms. The Hall–Kier alpha value is -4.15. The van der Waals surface area contributed by atoms with Crippen LogP contribution in [0.3, 0.4) is 0 Å². The maximum Gasteiger partial charge on any atom is 0.407 e. The van der Waals surface area contributed by atoms with Crippen molar-refractivity contribution in [2.45, 2.75) is 26.4 Å². The van der Waals surface area contributed by atoms with E-state index in [0.29, 0.717) is 54.7 Å². The quantitative estimate of drug-likeness (QED) is 0.455. The van der Waals surface area contributed by atoms with Gasteiger partial charge < -0.3 is 38.8 Å². The third-order valence-electron chi connectivity index (χ3n) is 5.76. The van der Waals surface area contributed by atoms with Gasteiger partial charge in [0, 0.05) is 32.2 Å². The smallest absolute Gasteiger partial charge is 0.407 e. The number of piperazine rings is 1. The molecule has 0 bridgehead atoms. The van der Waals surface area contributed by atoms with Crippen molar-refractivity contribution in [1.82, 2.24) is 15.1 Å². The van der Waals surface area contributed by atoms with E-state index in [1.807, 2.05) is 0 Å². The van der Waals surface area contributed by atoms with Gasteiger partial charge >= 0.3 is 6.09 Å². The average molecular weight is 544 g/mol.